The van der Waals surface area contributed by atoms with Crippen LogP contribution in [-0.2, 0) is 30.5 Å². The number of nitrogens with one attached hydrogen (secondary N) is 3. The van der Waals surface area contributed by atoms with Gasteiger partial charge in [0.05, 0.1) is 0 Å². The number of allylic oxidation sites excluding steroid dienone is 1. The van der Waals surface area contributed by atoms with Crippen molar-refractivity contribution in [3.63, 3.8) is 0 Å². The molecule has 0 aromatic heterocycles. The highest BCUT2D eigenvalue weighted by Gasteiger charge is 2.25. The van der Waals surface area contributed by atoms with Gasteiger partial charge in [-0.2, -0.15) is 0 Å². The molecule has 1 aromatic carbocycles. The molecule has 214 valence electrons. The largest absolute Gasteiger partial charge is 0.460 e. The van der Waals surface area contributed by atoms with Crippen LogP contribution in [0.25, 0.3) is 10.4 Å². The van der Waals surface area contributed by atoms with Gasteiger partial charge in [-0.3, -0.25) is 19.8 Å². The van der Waals surface area contributed by atoms with Gasteiger partial charge in [0, 0.05) is 31.0 Å². The maximum absolute atomic E-state index is 13.0. The first-order chi connectivity index (χ1) is 18.4. The fourth-order valence-corrected chi connectivity index (χ4v) is 3.18. The number of hydrogen-bond acceptors (Lipinski definition) is 8. The topological polar surface area (TPSA) is 175 Å². The second-order valence-corrected chi connectivity index (χ2v) is 9.65. The Morgan fingerprint density at radius 3 is 2.46 bits per heavy atom. The maximum Gasteiger partial charge on any atom is 0.408 e. The summed E-state index contributed by atoms with van der Waals surface area (Å²) in [6.45, 7) is 6.93. The molecular weight excluding hydrogens is 506 g/mol. The van der Waals surface area contributed by atoms with E-state index in [9.17, 15) is 19.2 Å². The molecular formula is C26H39N7O6. The third-order valence-corrected chi connectivity index (χ3v) is 4.86. The van der Waals surface area contributed by atoms with Crippen LogP contribution in [0.4, 0.5) is 4.79 Å². The van der Waals surface area contributed by atoms with Gasteiger partial charge in [-0.05, 0) is 44.7 Å². The van der Waals surface area contributed by atoms with Crippen molar-refractivity contribution in [2.75, 3.05) is 20.1 Å². The fourth-order valence-electron chi connectivity index (χ4n) is 3.18. The van der Waals surface area contributed by atoms with Gasteiger partial charge in [-0.1, -0.05) is 54.5 Å². The van der Waals surface area contributed by atoms with E-state index in [0.717, 1.165) is 5.56 Å². The first kappa shape index (κ1) is 32.9. The smallest absolute Gasteiger partial charge is 0.408 e. The number of amides is 3. The van der Waals surface area contributed by atoms with E-state index in [1.54, 1.807) is 26.8 Å². The van der Waals surface area contributed by atoms with Crippen molar-refractivity contribution in [2.24, 2.45) is 5.11 Å². The Morgan fingerprint density at radius 1 is 1.15 bits per heavy atom. The molecule has 0 heterocycles. The molecule has 13 heteroatoms. The highest BCUT2D eigenvalue weighted by atomic mass is 16.6. The van der Waals surface area contributed by atoms with E-state index < -0.39 is 41.6 Å². The molecule has 0 radical (unpaired) electrons. The number of benzene rings is 1. The standard InChI is InChI=1S/C26H39N7O6/c1-6-7-13-21(30-25(37)39-26(2,3)4)24(36)29-20(14-15-28-32-27)16-22(34)31-33(5)17-23(35)38-18-19-11-9-8-10-12-19/h7-13,20-21H,6,14-18H2,1-5H3,(H,29,36)(H,30,37)(H,31,34)/b13-7-/t20-,21-/m0/s1. The van der Waals surface area contributed by atoms with Gasteiger partial charge < -0.3 is 20.1 Å². The Labute approximate surface area is 228 Å². The molecule has 0 aliphatic rings. The van der Waals surface area contributed by atoms with Crippen molar-refractivity contribution in [3.8, 4) is 0 Å². The predicted octanol–water partition coefficient (Wildman–Crippen LogP) is 3.13. The van der Waals surface area contributed by atoms with Gasteiger partial charge in [0.25, 0.3) is 0 Å². The number of carbonyl (C=O) groups excluding carboxylic acids is 4. The molecule has 0 saturated carbocycles. The summed E-state index contributed by atoms with van der Waals surface area (Å²) in [5.41, 5.74) is 11.3. The van der Waals surface area contributed by atoms with E-state index in [0.29, 0.717) is 6.42 Å². The van der Waals surface area contributed by atoms with Crippen molar-refractivity contribution in [3.05, 3.63) is 58.5 Å². The van der Waals surface area contributed by atoms with Gasteiger partial charge >= 0.3 is 12.1 Å². The number of nitrogens with zero attached hydrogens (tertiary/aromatic N) is 4. The molecule has 13 nitrogen and oxygen atoms in total. The minimum Gasteiger partial charge on any atom is -0.460 e. The fraction of sp³-hybridized carbons (Fsp3) is 0.538. The summed E-state index contributed by atoms with van der Waals surface area (Å²) >= 11 is 0. The number of alkyl carbamates (subject to hydrolysis) is 1. The van der Waals surface area contributed by atoms with Gasteiger partial charge in [0.15, 0.2) is 0 Å². The van der Waals surface area contributed by atoms with Gasteiger partial charge in [-0.25, -0.2) is 9.80 Å². The number of azide groups is 1. The average molecular weight is 546 g/mol. The predicted molar refractivity (Wildman–Crippen MR) is 145 cm³/mol. The Hall–Kier alpha value is -4.09. The van der Waals surface area contributed by atoms with Crippen LogP contribution < -0.4 is 16.1 Å². The Morgan fingerprint density at radius 2 is 1.85 bits per heavy atom. The van der Waals surface area contributed by atoms with Crippen LogP contribution >= 0.6 is 0 Å². The van der Waals surface area contributed by atoms with Crippen LogP contribution in [0.5, 0.6) is 0 Å². The number of carbonyl (C=O) groups is 4. The van der Waals surface area contributed by atoms with Crippen LogP contribution in [0, 0.1) is 0 Å². The van der Waals surface area contributed by atoms with Crippen molar-refractivity contribution in [2.45, 2.75) is 71.2 Å². The lowest BCUT2D eigenvalue weighted by molar-refractivity contribution is -0.147. The normalized spacial score (nSPS) is 12.7. The average Bonchev–Trinajstić information content (AvgIpc) is 2.84. The summed E-state index contributed by atoms with van der Waals surface area (Å²) in [4.78, 5) is 52.7. The maximum atomic E-state index is 13.0. The molecule has 0 spiro atoms. The SMILES string of the molecule is CC/C=C\[C@H](NC(=O)OC(C)(C)C)C(=O)N[C@@H](CCN=[N+]=[N-])CC(=O)NN(C)CC(=O)OCc1ccccc1. The molecule has 0 aliphatic carbocycles. The van der Waals surface area contributed by atoms with Gasteiger partial charge in [0.2, 0.25) is 11.8 Å². The molecule has 3 amide bonds. The van der Waals surface area contributed by atoms with Crippen molar-refractivity contribution in [1.29, 1.82) is 0 Å². The molecule has 3 N–H and O–H groups in total. The van der Waals surface area contributed by atoms with Crippen LogP contribution in [0.2, 0.25) is 0 Å². The van der Waals surface area contributed by atoms with E-state index in [2.05, 4.69) is 26.1 Å². The van der Waals surface area contributed by atoms with Gasteiger partial charge in [-0.15, -0.1) is 0 Å². The highest BCUT2D eigenvalue weighted by molar-refractivity contribution is 5.88. The lowest BCUT2D eigenvalue weighted by Crippen LogP contribution is -2.51. The van der Waals surface area contributed by atoms with Crippen molar-refractivity contribution >= 4 is 23.9 Å². The molecule has 0 unspecified atom stereocenters. The Bertz CT molecular complexity index is 1020. The van der Waals surface area contributed by atoms with E-state index >= 15 is 0 Å². The summed E-state index contributed by atoms with van der Waals surface area (Å²) in [6, 6.07) is 7.41. The second kappa shape index (κ2) is 17.4. The lowest BCUT2D eigenvalue weighted by atomic mass is 10.1. The molecule has 39 heavy (non-hydrogen) atoms. The summed E-state index contributed by atoms with van der Waals surface area (Å²) in [5, 5.41) is 9.99. The van der Waals surface area contributed by atoms with E-state index in [-0.39, 0.29) is 32.5 Å². The number of hydrogen-bond donors (Lipinski definition) is 3. The quantitative estimate of drug-likeness (QED) is 0.0757. The van der Waals surface area contributed by atoms with Crippen molar-refractivity contribution in [1.82, 2.24) is 21.1 Å². The molecule has 0 fully saturated rings. The first-order valence-electron chi connectivity index (χ1n) is 12.6. The minimum absolute atomic E-state index is 0.0331. The van der Waals surface area contributed by atoms with Gasteiger partial charge in [0.1, 0.15) is 24.8 Å². The zero-order valence-electron chi connectivity index (χ0n) is 23.2. The first-order valence-corrected chi connectivity index (χ1v) is 12.6. The van der Waals surface area contributed by atoms with Crippen LogP contribution in [-0.4, -0.2) is 66.7 Å². The number of likely N-dealkylation sites (N-methyl/N-ethyl adjacent to an activating group) is 1. The second-order valence-electron chi connectivity index (χ2n) is 9.65. The number of rotatable bonds is 15. The molecule has 1 rings (SSSR count). The highest BCUT2D eigenvalue weighted by Crippen LogP contribution is 2.08. The molecule has 0 saturated heterocycles. The number of esters is 1. The number of ether oxygens (including phenoxy) is 2. The minimum atomic E-state index is -1.05. The summed E-state index contributed by atoms with van der Waals surface area (Å²) in [5.74, 6) is -1.59. The molecule has 0 bridgehead atoms. The van der Waals surface area contributed by atoms with E-state index in [1.807, 2.05) is 37.3 Å². The molecule has 2 atom stereocenters. The summed E-state index contributed by atoms with van der Waals surface area (Å²) in [6.07, 6.45) is 3.10. The summed E-state index contributed by atoms with van der Waals surface area (Å²) < 4.78 is 10.5. The zero-order chi connectivity index (χ0) is 29.3. The Balaban J connectivity index is 2.73. The van der Waals surface area contributed by atoms with Crippen molar-refractivity contribution < 1.29 is 28.7 Å². The lowest BCUT2D eigenvalue weighted by Gasteiger charge is -2.24. The monoisotopic (exact) mass is 545 g/mol. The van der Waals surface area contributed by atoms with Crippen LogP contribution in [0.1, 0.15) is 52.5 Å². The zero-order valence-corrected chi connectivity index (χ0v) is 23.2. The van der Waals surface area contributed by atoms with E-state index in [4.69, 9.17) is 15.0 Å². The van der Waals surface area contributed by atoms with Crippen LogP contribution in [0.15, 0.2) is 47.6 Å². The number of hydrazine groups is 1. The molecule has 1 aromatic rings. The molecule has 0 aliphatic heterocycles. The summed E-state index contributed by atoms with van der Waals surface area (Å²) in [7, 11) is 1.51. The third-order valence-electron chi connectivity index (χ3n) is 4.86. The van der Waals surface area contributed by atoms with Crippen LogP contribution in [0.3, 0.4) is 0 Å². The Kier molecular flexibility index (Phi) is 14.7. The van der Waals surface area contributed by atoms with E-state index in [1.165, 1.54) is 18.1 Å². The third kappa shape index (κ3) is 15.7.